The topological polar surface area (TPSA) is 76.2 Å². The first-order valence-corrected chi connectivity index (χ1v) is 10.4. The molecule has 1 aliphatic heterocycles. The van der Waals surface area contributed by atoms with Crippen molar-refractivity contribution >= 4 is 33.2 Å². The number of hydrogen-bond acceptors (Lipinski definition) is 5. The summed E-state index contributed by atoms with van der Waals surface area (Å²) in [6, 6.07) is 10.2. The van der Waals surface area contributed by atoms with Gasteiger partial charge in [0, 0.05) is 24.2 Å². The van der Waals surface area contributed by atoms with Crippen molar-refractivity contribution in [2.24, 2.45) is 0 Å². The predicted molar refractivity (Wildman–Crippen MR) is 107 cm³/mol. The van der Waals surface area contributed by atoms with Gasteiger partial charge in [0.1, 0.15) is 17.5 Å². The Labute approximate surface area is 169 Å². The Morgan fingerprint density at radius 2 is 1.71 bits per heavy atom. The van der Waals surface area contributed by atoms with E-state index in [-0.39, 0.29) is 23.9 Å². The lowest BCUT2D eigenvalue weighted by Gasteiger charge is -2.38. The fraction of sp³-hybridized carbons (Fsp3) is 0.316. The molecule has 9 heteroatoms. The summed E-state index contributed by atoms with van der Waals surface area (Å²) in [5.41, 5.74) is 0.544. The average molecular weight is 425 g/mol. The maximum atomic E-state index is 13.0. The van der Waals surface area contributed by atoms with Crippen molar-refractivity contribution in [3.05, 3.63) is 47.5 Å². The molecule has 1 fully saturated rings. The molecule has 28 heavy (non-hydrogen) atoms. The summed E-state index contributed by atoms with van der Waals surface area (Å²) >= 11 is 5.85. The van der Waals surface area contributed by atoms with Gasteiger partial charge in [0.2, 0.25) is 15.9 Å². The van der Waals surface area contributed by atoms with E-state index in [9.17, 15) is 13.2 Å². The lowest BCUT2D eigenvalue weighted by atomic mass is 10.1. The summed E-state index contributed by atoms with van der Waals surface area (Å²) in [5, 5.41) is 0.443. The minimum Gasteiger partial charge on any atom is -0.497 e. The van der Waals surface area contributed by atoms with Crippen LogP contribution in [0.4, 0.5) is 5.69 Å². The highest BCUT2D eigenvalue weighted by Gasteiger charge is 2.40. The Hall–Kier alpha value is -2.29. The van der Waals surface area contributed by atoms with E-state index < -0.39 is 16.1 Å². The minimum atomic E-state index is -3.82. The summed E-state index contributed by atoms with van der Waals surface area (Å²) in [5.74, 6) is 0.748. The molecule has 1 heterocycles. The SMILES string of the molecule is COc1ccc(OC)c(N2CCN(S(=O)(=O)c3ccc(Cl)cc3)[C@H](C)C2=O)c1. The summed E-state index contributed by atoms with van der Waals surface area (Å²) in [6.07, 6.45) is 0. The van der Waals surface area contributed by atoms with Crippen molar-refractivity contribution in [3.8, 4) is 11.5 Å². The molecule has 150 valence electrons. The fourth-order valence-electron chi connectivity index (χ4n) is 3.17. The maximum absolute atomic E-state index is 13.0. The molecule has 0 bridgehead atoms. The van der Waals surface area contributed by atoms with Crippen LogP contribution in [0.15, 0.2) is 47.4 Å². The molecular weight excluding hydrogens is 404 g/mol. The number of methoxy groups -OCH3 is 2. The average Bonchev–Trinajstić information content (AvgIpc) is 2.69. The molecule has 7 nitrogen and oxygen atoms in total. The third-order valence-electron chi connectivity index (χ3n) is 4.70. The number of amides is 1. The molecule has 1 amide bonds. The number of hydrogen-bond donors (Lipinski definition) is 0. The van der Waals surface area contributed by atoms with E-state index in [1.165, 1.54) is 47.7 Å². The van der Waals surface area contributed by atoms with Crippen molar-refractivity contribution in [1.82, 2.24) is 4.31 Å². The Morgan fingerprint density at radius 1 is 1.04 bits per heavy atom. The van der Waals surface area contributed by atoms with Crippen LogP contribution < -0.4 is 14.4 Å². The number of ether oxygens (including phenoxy) is 2. The molecule has 0 unspecified atom stereocenters. The third-order valence-corrected chi connectivity index (χ3v) is 6.93. The number of halogens is 1. The van der Waals surface area contributed by atoms with Crippen LogP contribution in [0.25, 0.3) is 0 Å². The number of sulfonamides is 1. The highest BCUT2D eigenvalue weighted by Crippen LogP contribution is 2.35. The van der Waals surface area contributed by atoms with Gasteiger partial charge < -0.3 is 14.4 Å². The van der Waals surface area contributed by atoms with Gasteiger partial charge in [-0.3, -0.25) is 4.79 Å². The molecule has 3 rings (SSSR count). The van der Waals surface area contributed by atoms with E-state index in [0.717, 1.165) is 0 Å². The van der Waals surface area contributed by atoms with Gasteiger partial charge in [-0.15, -0.1) is 0 Å². The molecule has 0 N–H and O–H groups in total. The molecule has 0 radical (unpaired) electrons. The summed E-state index contributed by atoms with van der Waals surface area (Å²) < 4.78 is 37.8. The lowest BCUT2D eigenvalue weighted by molar-refractivity contribution is -0.123. The molecule has 2 aromatic rings. The van der Waals surface area contributed by atoms with Gasteiger partial charge in [-0.1, -0.05) is 11.6 Å². The second kappa shape index (κ2) is 7.98. The van der Waals surface area contributed by atoms with Gasteiger partial charge in [-0.2, -0.15) is 4.31 Å². The number of piperazine rings is 1. The maximum Gasteiger partial charge on any atom is 0.245 e. The van der Waals surface area contributed by atoms with Crippen LogP contribution in [0, 0.1) is 0 Å². The number of rotatable bonds is 5. The van der Waals surface area contributed by atoms with E-state index in [2.05, 4.69) is 0 Å². The number of benzene rings is 2. The highest BCUT2D eigenvalue weighted by molar-refractivity contribution is 7.89. The molecular formula is C19H21ClN2O5S. The second-order valence-electron chi connectivity index (χ2n) is 6.27. The Balaban J connectivity index is 1.91. The van der Waals surface area contributed by atoms with Gasteiger partial charge in [-0.05, 0) is 43.3 Å². The van der Waals surface area contributed by atoms with E-state index in [0.29, 0.717) is 22.2 Å². The van der Waals surface area contributed by atoms with Crippen molar-refractivity contribution < 1.29 is 22.7 Å². The van der Waals surface area contributed by atoms with E-state index in [4.69, 9.17) is 21.1 Å². The van der Waals surface area contributed by atoms with Gasteiger partial charge in [0.05, 0.1) is 24.8 Å². The lowest BCUT2D eigenvalue weighted by Crippen LogP contribution is -2.57. The number of nitrogens with zero attached hydrogens (tertiary/aromatic N) is 2. The smallest absolute Gasteiger partial charge is 0.245 e. The van der Waals surface area contributed by atoms with Crippen molar-refractivity contribution in [2.75, 3.05) is 32.2 Å². The minimum absolute atomic E-state index is 0.101. The van der Waals surface area contributed by atoms with Crippen LogP contribution in [0.1, 0.15) is 6.92 Å². The normalized spacial score (nSPS) is 18.2. The van der Waals surface area contributed by atoms with Crippen LogP contribution in [0.5, 0.6) is 11.5 Å². The predicted octanol–water partition coefficient (Wildman–Crippen LogP) is 2.78. The third kappa shape index (κ3) is 3.67. The number of anilines is 1. The zero-order valence-corrected chi connectivity index (χ0v) is 17.3. The van der Waals surface area contributed by atoms with Crippen LogP contribution in [0.2, 0.25) is 5.02 Å². The molecule has 0 spiro atoms. The first kappa shape index (κ1) is 20.4. The van der Waals surface area contributed by atoms with E-state index in [1.807, 2.05) is 0 Å². The van der Waals surface area contributed by atoms with Gasteiger partial charge in [0.25, 0.3) is 0 Å². The summed E-state index contributed by atoms with van der Waals surface area (Å²) in [7, 11) is -0.775. The van der Waals surface area contributed by atoms with Gasteiger partial charge in [-0.25, -0.2) is 8.42 Å². The zero-order valence-electron chi connectivity index (χ0n) is 15.8. The molecule has 0 aromatic heterocycles. The number of carbonyl (C=O) groups excluding carboxylic acids is 1. The summed E-state index contributed by atoms with van der Waals surface area (Å²) in [6.45, 7) is 1.92. The quantitative estimate of drug-likeness (QED) is 0.737. The zero-order chi connectivity index (χ0) is 20.5. The number of carbonyl (C=O) groups is 1. The van der Waals surface area contributed by atoms with Crippen LogP contribution in [-0.2, 0) is 14.8 Å². The summed E-state index contributed by atoms with van der Waals surface area (Å²) in [4.78, 5) is 14.7. The monoisotopic (exact) mass is 424 g/mol. The van der Waals surface area contributed by atoms with E-state index >= 15 is 0 Å². The molecule has 0 saturated carbocycles. The Kier molecular flexibility index (Phi) is 5.83. The van der Waals surface area contributed by atoms with Crippen LogP contribution in [0.3, 0.4) is 0 Å². The van der Waals surface area contributed by atoms with Gasteiger partial charge in [0.15, 0.2) is 0 Å². The first-order valence-electron chi connectivity index (χ1n) is 8.60. The molecule has 1 atom stereocenters. The Bertz CT molecular complexity index is 978. The van der Waals surface area contributed by atoms with Crippen molar-refractivity contribution in [3.63, 3.8) is 0 Å². The van der Waals surface area contributed by atoms with E-state index in [1.54, 1.807) is 25.1 Å². The second-order valence-corrected chi connectivity index (χ2v) is 8.60. The van der Waals surface area contributed by atoms with Crippen LogP contribution in [-0.4, -0.2) is 52.0 Å². The molecule has 1 saturated heterocycles. The largest absolute Gasteiger partial charge is 0.497 e. The molecule has 1 aliphatic rings. The highest BCUT2D eigenvalue weighted by atomic mass is 35.5. The Morgan fingerprint density at radius 3 is 2.32 bits per heavy atom. The van der Waals surface area contributed by atoms with Gasteiger partial charge >= 0.3 is 0 Å². The molecule has 2 aromatic carbocycles. The standard InChI is InChI=1S/C19H21ClN2O5S/c1-13-19(23)21(17-12-15(26-2)6-9-18(17)27-3)10-11-22(13)28(24,25)16-7-4-14(20)5-8-16/h4-9,12-13H,10-11H2,1-3H3/t13-/m1/s1. The first-order chi connectivity index (χ1) is 13.3. The van der Waals surface area contributed by atoms with Crippen molar-refractivity contribution in [1.29, 1.82) is 0 Å². The fourth-order valence-corrected chi connectivity index (χ4v) is 4.87. The molecule has 0 aliphatic carbocycles. The van der Waals surface area contributed by atoms with Crippen LogP contribution >= 0.6 is 11.6 Å². The van der Waals surface area contributed by atoms with Crippen molar-refractivity contribution in [2.45, 2.75) is 17.9 Å².